The number of thiazole rings is 1. The molecule has 0 fully saturated rings. The maximum absolute atomic E-state index is 10.2. The van der Waals surface area contributed by atoms with Gasteiger partial charge in [0.15, 0.2) is 0 Å². The van der Waals surface area contributed by atoms with Gasteiger partial charge in [-0.2, -0.15) is 0 Å². The summed E-state index contributed by atoms with van der Waals surface area (Å²) < 4.78 is 0. The molecule has 13 heavy (non-hydrogen) atoms. The van der Waals surface area contributed by atoms with Crippen LogP contribution in [0.2, 0.25) is 0 Å². The van der Waals surface area contributed by atoms with Crippen molar-refractivity contribution >= 4 is 17.3 Å². The summed E-state index contributed by atoms with van der Waals surface area (Å²) in [5, 5.41) is 14.4. The number of carboxylic acid groups (broad SMARTS) is 1. The maximum Gasteiger partial charge on any atom is 0.303 e. The molecule has 5 heteroatoms. The largest absolute Gasteiger partial charge is 0.481 e. The Morgan fingerprint density at radius 1 is 1.69 bits per heavy atom. The number of hydrogen-bond donors (Lipinski definition) is 2. The molecule has 0 aliphatic carbocycles. The average molecular weight is 200 g/mol. The summed E-state index contributed by atoms with van der Waals surface area (Å²) in [4.78, 5) is 14.2. The fourth-order valence-electron chi connectivity index (χ4n) is 0.900. The predicted molar refractivity (Wildman–Crippen MR) is 50.7 cm³/mol. The van der Waals surface area contributed by atoms with Crippen molar-refractivity contribution < 1.29 is 9.90 Å². The van der Waals surface area contributed by atoms with E-state index in [-0.39, 0.29) is 6.42 Å². The number of hydrogen-bond acceptors (Lipinski definition) is 4. The van der Waals surface area contributed by atoms with E-state index in [1.54, 1.807) is 17.5 Å². The lowest BCUT2D eigenvalue weighted by molar-refractivity contribution is -0.137. The lowest BCUT2D eigenvalue weighted by atomic mass is 10.3. The minimum Gasteiger partial charge on any atom is -0.481 e. The Bertz CT molecular complexity index is 249. The van der Waals surface area contributed by atoms with Gasteiger partial charge in [0.1, 0.15) is 5.01 Å². The van der Waals surface area contributed by atoms with Crippen molar-refractivity contribution in [2.24, 2.45) is 0 Å². The highest BCUT2D eigenvalue weighted by Crippen LogP contribution is 2.02. The summed E-state index contributed by atoms with van der Waals surface area (Å²) in [6, 6.07) is 0. The van der Waals surface area contributed by atoms with E-state index in [0.717, 1.165) is 18.1 Å². The molecule has 0 bridgehead atoms. The van der Waals surface area contributed by atoms with Crippen LogP contribution in [-0.2, 0) is 11.3 Å². The zero-order valence-corrected chi connectivity index (χ0v) is 8.01. The summed E-state index contributed by atoms with van der Waals surface area (Å²) in [6.45, 7) is 1.46. The van der Waals surface area contributed by atoms with Crippen molar-refractivity contribution in [1.82, 2.24) is 10.3 Å². The van der Waals surface area contributed by atoms with Gasteiger partial charge in [-0.05, 0) is 13.0 Å². The van der Waals surface area contributed by atoms with E-state index < -0.39 is 5.97 Å². The molecule has 72 valence electrons. The summed E-state index contributed by atoms with van der Waals surface area (Å²) >= 11 is 1.60. The Labute approximate surface area is 80.6 Å². The highest BCUT2D eigenvalue weighted by Gasteiger charge is 1.97. The van der Waals surface area contributed by atoms with Crippen molar-refractivity contribution in [2.45, 2.75) is 19.4 Å². The van der Waals surface area contributed by atoms with E-state index in [0.29, 0.717) is 6.42 Å². The van der Waals surface area contributed by atoms with Crippen molar-refractivity contribution in [3.8, 4) is 0 Å². The number of rotatable bonds is 6. The third-order valence-corrected chi connectivity index (χ3v) is 2.28. The topological polar surface area (TPSA) is 62.2 Å². The molecule has 0 spiro atoms. The van der Waals surface area contributed by atoms with Gasteiger partial charge in [0.25, 0.3) is 0 Å². The molecule has 2 N–H and O–H groups in total. The maximum atomic E-state index is 10.2. The first-order chi connectivity index (χ1) is 6.29. The third kappa shape index (κ3) is 4.59. The highest BCUT2D eigenvalue weighted by molar-refractivity contribution is 7.09. The molecule has 0 saturated carbocycles. The number of carbonyl (C=O) groups is 1. The molecule has 1 aromatic rings. The van der Waals surface area contributed by atoms with Gasteiger partial charge in [-0.3, -0.25) is 4.79 Å². The van der Waals surface area contributed by atoms with E-state index in [1.807, 2.05) is 5.38 Å². The molecule has 0 unspecified atom stereocenters. The Morgan fingerprint density at radius 2 is 2.54 bits per heavy atom. The molecule has 1 aromatic heterocycles. The van der Waals surface area contributed by atoms with Crippen molar-refractivity contribution in [1.29, 1.82) is 0 Å². The highest BCUT2D eigenvalue weighted by atomic mass is 32.1. The van der Waals surface area contributed by atoms with Gasteiger partial charge in [0.05, 0.1) is 0 Å². The first-order valence-electron chi connectivity index (χ1n) is 4.10. The average Bonchev–Trinajstić information content (AvgIpc) is 2.55. The summed E-state index contributed by atoms with van der Waals surface area (Å²) in [6.07, 6.45) is 2.66. The molecule has 0 saturated heterocycles. The van der Waals surface area contributed by atoms with Gasteiger partial charge < -0.3 is 10.4 Å². The second kappa shape index (κ2) is 5.66. The predicted octanol–water partition coefficient (Wildman–Crippen LogP) is 1.10. The Morgan fingerprint density at radius 3 is 3.15 bits per heavy atom. The molecule has 4 nitrogen and oxygen atoms in total. The first kappa shape index (κ1) is 10.1. The van der Waals surface area contributed by atoms with Crippen molar-refractivity contribution in [2.75, 3.05) is 6.54 Å². The van der Waals surface area contributed by atoms with E-state index >= 15 is 0 Å². The quantitative estimate of drug-likeness (QED) is 0.675. The van der Waals surface area contributed by atoms with E-state index in [4.69, 9.17) is 5.11 Å². The number of nitrogens with one attached hydrogen (secondary N) is 1. The standard InChI is InChI=1S/C8H12N2O2S/c11-8(12)2-1-3-9-6-7-10-4-5-13-7/h4-5,9H,1-3,6H2,(H,11,12). The monoisotopic (exact) mass is 200 g/mol. The fourth-order valence-corrected chi connectivity index (χ4v) is 1.49. The minimum absolute atomic E-state index is 0.227. The number of aromatic nitrogens is 1. The van der Waals surface area contributed by atoms with Gasteiger partial charge in [0.2, 0.25) is 0 Å². The second-order valence-electron chi connectivity index (χ2n) is 2.60. The van der Waals surface area contributed by atoms with Crippen LogP contribution < -0.4 is 5.32 Å². The van der Waals surface area contributed by atoms with Crippen LogP contribution >= 0.6 is 11.3 Å². The first-order valence-corrected chi connectivity index (χ1v) is 4.98. The summed E-state index contributed by atoms with van der Waals surface area (Å²) in [5.74, 6) is -0.740. The van der Waals surface area contributed by atoms with E-state index in [1.165, 1.54) is 0 Å². The molecule has 1 rings (SSSR count). The van der Waals surface area contributed by atoms with Crippen molar-refractivity contribution in [3.05, 3.63) is 16.6 Å². The zero-order chi connectivity index (χ0) is 9.52. The number of aliphatic carboxylic acids is 1. The fraction of sp³-hybridized carbons (Fsp3) is 0.500. The lowest BCUT2D eigenvalue weighted by Crippen LogP contribution is -2.15. The van der Waals surface area contributed by atoms with Gasteiger partial charge in [-0.15, -0.1) is 11.3 Å². The van der Waals surface area contributed by atoms with Crippen LogP contribution in [0.15, 0.2) is 11.6 Å². The van der Waals surface area contributed by atoms with Gasteiger partial charge in [-0.25, -0.2) is 4.98 Å². The van der Waals surface area contributed by atoms with Crippen LogP contribution in [0.4, 0.5) is 0 Å². The van der Waals surface area contributed by atoms with Crippen LogP contribution in [-0.4, -0.2) is 22.6 Å². The smallest absolute Gasteiger partial charge is 0.303 e. The summed E-state index contributed by atoms with van der Waals surface area (Å²) in [7, 11) is 0. The third-order valence-electron chi connectivity index (χ3n) is 1.50. The molecule has 0 aromatic carbocycles. The molecule has 0 aliphatic heterocycles. The molecule has 1 heterocycles. The minimum atomic E-state index is -0.740. The Balaban J connectivity index is 1.99. The molecule has 0 amide bonds. The molecular weight excluding hydrogens is 188 g/mol. The SMILES string of the molecule is O=C(O)CCCNCc1nccs1. The lowest BCUT2D eigenvalue weighted by Gasteiger charge is -1.99. The number of carboxylic acids is 1. The molecule has 0 radical (unpaired) electrons. The summed E-state index contributed by atoms with van der Waals surface area (Å²) in [5.41, 5.74) is 0. The normalized spacial score (nSPS) is 10.2. The second-order valence-corrected chi connectivity index (χ2v) is 3.58. The van der Waals surface area contributed by atoms with Crippen LogP contribution in [0.25, 0.3) is 0 Å². The van der Waals surface area contributed by atoms with E-state index in [2.05, 4.69) is 10.3 Å². The molecular formula is C8H12N2O2S. The van der Waals surface area contributed by atoms with Crippen LogP contribution in [0.1, 0.15) is 17.8 Å². The molecule has 0 atom stereocenters. The van der Waals surface area contributed by atoms with Gasteiger partial charge in [-0.1, -0.05) is 0 Å². The molecule has 0 aliphatic rings. The number of nitrogens with zero attached hydrogens (tertiary/aromatic N) is 1. The Kier molecular flexibility index (Phi) is 4.42. The van der Waals surface area contributed by atoms with Gasteiger partial charge >= 0.3 is 5.97 Å². The van der Waals surface area contributed by atoms with Crippen molar-refractivity contribution in [3.63, 3.8) is 0 Å². The van der Waals surface area contributed by atoms with Crippen LogP contribution in [0.3, 0.4) is 0 Å². The van der Waals surface area contributed by atoms with Crippen LogP contribution in [0, 0.1) is 0 Å². The van der Waals surface area contributed by atoms with Crippen LogP contribution in [0.5, 0.6) is 0 Å². The van der Waals surface area contributed by atoms with Gasteiger partial charge in [0, 0.05) is 24.5 Å². The Hall–Kier alpha value is -0.940. The van der Waals surface area contributed by atoms with E-state index in [9.17, 15) is 4.79 Å². The zero-order valence-electron chi connectivity index (χ0n) is 7.19.